The maximum atomic E-state index is 11.6. The summed E-state index contributed by atoms with van der Waals surface area (Å²) < 4.78 is 16.5. The van der Waals surface area contributed by atoms with Crippen LogP contribution in [0.2, 0.25) is 0 Å². The summed E-state index contributed by atoms with van der Waals surface area (Å²) in [4.78, 5) is -0.123. The minimum absolute atomic E-state index is 0.123. The lowest BCUT2D eigenvalue weighted by Crippen LogP contribution is -2.09. The Labute approximate surface area is 57.3 Å². The van der Waals surface area contributed by atoms with Crippen LogP contribution in [0.4, 0.5) is 4.39 Å². The van der Waals surface area contributed by atoms with Crippen LogP contribution in [0.1, 0.15) is 6.92 Å². The van der Waals surface area contributed by atoms with Crippen molar-refractivity contribution in [1.82, 2.24) is 0 Å². The average Bonchev–Trinajstić information content (AvgIpc) is 1.83. The van der Waals surface area contributed by atoms with Crippen molar-refractivity contribution in [3.05, 3.63) is 0 Å². The van der Waals surface area contributed by atoms with E-state index in [-0.39, 0.29) is 11.5 Å². The molecule has 0 aromatic heterocycles. The van der Waals surface area contributed by atoms with Gasteiger partial charge in [-0.1, -0.05) is 15.9 Å². The van der Waals surface area contributed by atoms with Crippen LogP contribution in [0.15, 0.2) is 0 Å². The van der Waals surface area contributed by atoms with Crippen LogP contribution in [0.3, 0.4) is 0 Å². The first kappa shape index (κ1) is 8.37. The third-order valence-electron chi connectivity index (χ3n) is 0.670. The number of alkyl halides is 2. The minimum atomic E-state index is -0.361. The molecule has 50 valence electrons. The van der Waals surface area contributed by atoms with E-state index in [2.05, 4.69) is 15.9 Å². The molecular formula is C5H10BrFO. The van der Waals surface area contributed by atoms with Crippen LogP contribution in [0.5, 0.6) is 0 Å². The van der Waals surface area contributed by atoms with Crippen LogP contribution in [-0.2, 0) is 4.74 Å². The maximum absolute atomic E-state index is 11.6. The Kier molecular flexibility index (Phi) is 5.76. The van der Waals surface area contributed by atoms with Gasteiger partial charge in [0.15, 0.2) is 0 Å². The van der Waals surface area contributed by atoms with E-state index in [1.807, 2.05) is 6.92 Å². The molecule has 0 aromatic rings. The fraction of sp³-hybridized carbons (Fsp3) is 1.00. The molecule has 1 atom stereocenters. The second-order valence-corrected chi connectivity index (χ2v) is 2.71. The molecule has 0 radical (unpaired) electrons. The topological polar surface area (TPSA) is 9.23 Å². The molecule has 0 fully saturated rings. The van der Waals surface area contributed by atoms with E-state index in [9.17, 15) is 4.39 Å². The molecule has 1 nitrogen and oxygen atoms in total. The van der Waals surface area contributed by atoms with E-state index in [0.29, 0.717) is 13.2 Å². The largest absolute Gasteiger partial charge is 0.380 e. The molecule has 0 saturated heterocycles. The Morgan fingerprint density at radius 3 is 2.75 bits per heavy atom. The number of rotatable bonds is 4. The Balaban J connectivity index is 2.86. The van der Waals surface area contributed by atoms with Gasteiger partial charge >= 0.3 is 0 Å². The van der Waals surface area contributed by atoms with E-state index < -0.39 is 0 Å². The predicted molar refractivity (Wildman–Crippen MR) is 35.2 cm³/mol. The van der Waals surface area contributed by atoms with Gasteiger partial charge in [0.05, 0.1) is 11.4 Å². The molecular weight excluding hydrogens is 175 g/mol. The molecule has 0 rings (SSSR count). The summed E-state index contributed by atoms with van der Waals surface area (Å²) in [6, 6.07) is 0. The Hall–Kier alpha value is 0.370. The van der Waals surface area contributed by atoms with Crippen molar-refractivity contribution in [3.63, 3.8) is 0 Å². The normalized spacial score (nSPS) is 13.9. The van der Waals surface area contributed by atoms with Gasteiger partial charge in [-0.15, -0.1) is 0 Å². The van der Waals surface area contributed by atoms with Gasteiger partial charge in [-0.25, -0.2) is 4.39 Å². The van der Waals surface area contributed by atoms with Crippen molar-refractivity contribution < 1.29 is 9.13 Å². The lowest BCUT2D eigenvalue weighted by molar-refractivity contribution is 0.144. The molecule has 0 heterocycles. The van der Waals surface area contributed by atoms with E-state index in [0.717, 1.165) is 0 Å². The van der Waals surface area contributed by atoms with Crippen LogP contribution in [0, 0.1) is 0 Å². The SMILES string of the molecule is CCOCC(Br)CF. The zero-order valence-corrected chi connectivity index (χ0v) is 6.45. The summed E-state index contributed by atoms with van der Waals surface area (Å²) in [7, 11) is 0. The van der Waals surface area contributed by atoms with Gasteiger partial charge in [0.25, 0.3) is 0 Å². The molecule has 0 N–H and O–H groups in total. The molecule has 0 aliphatic carbocycles. The van der Waals surface area contributed by atoms with Crippen LogP contribution in [0.25, 0.3) is 0 Å². The van der Waals surface area contributed by atoms with Crippen LogP contribution >= 0.6 is 15.9 Å². The molecule has 0 spiro atoms. The molecule has 0 saturated carbocycles. The van der Waals surface area contributed by atoms with E-state index >= 15 is 0 Å². The highest BCUT2D eigenvalue weighted by Gasteiger charge is 1.99. The molecule has 1 unspecified atom stereocenters. The van der Waals surface area contributed by atoms with Crippen molar-refractivity contribution in [2.75, 3.05) is 19.9 Å². The van der Waals surface area contributed by atoms with Crippen molar-refractivity contribution in [1.29, 1.82) is 0 Å². The third-order valence-corrected chi connectivity index (χ3v) is 1.18. The first-order chi connectivity index (χ1) is 3.81. The lowest BCUT2D eigenvalue weighted by Gasteiger charge is -2.02. The Morgan fingerprint density at radius 2 is 2.38 bits per heavy atom. The Morgan fingerprint density at radius 1 is 1.75 bits per heavy atom. The van der Waals surface area contributed by atoms with E-state index in [1.165, 1.54) is 0 Å². The first-order valence-corrected chi connectivity index (χ1v) is 3.50. The lowest BCUT2D eigenvalue weighted by atomic mass is 10.5. The summed E-state index contributed by atoms with van der Waals surface area (Å²) in [6.07, 6.45) is 0. The van der Waals surface area contributed by atoms with Gasteiger partial charge in [0, 0.05) is 6.61 Å². The van der Waals surface area contributed by atoms with Gasteiger partial charge < -0.3 is 4.74 Å². The Bertz CT molecular complexity index is 51.7. The second kappa shape index (κ2) is 5.51. The summed E-state index contributed by atoms with van der Waals surface area (Å²) in [5.41, 5.74) is 0. The molecule has 8 heavy (non-hydrogen) atoms. The molecule has 0 bridgehead atoms. The zero-order valence-electron chi connectivity index (χ0n) is 4.86. The smallest absolute Gasteiger partial charge is 0.104 e. The van der Waals surface area contributed by atoms with Gasteiger partial charge in [-0.05, 0) is 6.92 Å². The van der Waals surface area contributed by atoms with Crippen LogP contribution < -0.4 is 0 Å². The highest BCUT2D eigenvalue weighted by atomic mass is 79.9. The highest BCUT2D eigenvalue weighted by Crippen LogP contribution is 1.99. The van der Waals surface area contributed by atoms with Crippen molar-refractivity contribution in [2.45, 2.75) is 11.8 Å². The molecule has 0 aliphatic rings. The van der Waals surface area contributed by atoms with Crippen molar-refractivity contribution in [3.8, 4) is 0 Å². The van der Waals surface area contributed by atoms with E-state index in [4.69, 9.17) is 4.74 Å². The minimum Gasteiger partial charge on any atom is -0.380 e. The average molecular weight is 185 g/mol. The summed E-state index contributed by atoms with van der Waals surface area (Å²) >= 11 is 3.08. The molecule has 0 aromatic carbocycles. The fourth-order valence-electron chi connectivity index (χ4n) is 0.290. The van der Waals surface area contributed by atoms with Crippen molar-refractivity contribution >= 4 is 15.9 Å². The second-order valence-electron chi connectivity index (χ2n) is 1.41. The molecule has 0 aliphatic heterocycles. The predicted octanol–water partition coefficient (Wildman–Crippen LogP) is 1.76. The standard InChI is InChI=1S/C5H10BrFO/c1-2-8-4-5(6)3-7/h5H,2-4H2,1H3. The number of hydrogen-bond donors (Lipinski definition) is 0. The van der Waals surface area contributed by atoms with Gasteiger partial charge in [0.1, 0.15) is 6.67 Å². The fourth-order valence-corrected chi connectivity index (χ4v) is 0.477. The maximum Gasteiger partial charge on any atom is 0.104 e. The number of halogens is 2. The zero-order chi connectivity index (χ0) is 6.41. The van der Waals surface area contributed by atoms with Gasteiger partial charge in [0.2, 0.25) is 0 Å². The number of ether oxygens (including phenoxy) is 1. The number of hydrogen-bond acceptors (Lipinski definition) is 1. The van der Waals surface area contributed by atoms with E-state index in [1.54, 1.807) is 0 Å². The quantitative estimate of drug-likeness (QED) is 0.606. The monoisotopic (exact) mass is 184 g/mol. The van der Waals surface area contributed by atoms with Crippen LogP contribution in [-0.4, -0.2) is 24.7 Å². The van der Waals surface area contributed by atoms with Gasteiger partial charge in [-0.2, -0.15) is 0 Å². The first-order valence-electron chi connectivity index (χ1n) is 2.59. The molecule has 3 heteroatoms. The van der Waals surface area contributed by atoms with Crippen molar-refractivity contribution in [2.24, 2.45) is 0 Å². The summed E-state index contributed by atoms with van der Waals surface area (Å²) in [5.74, 6) is 0. The summed E-state index contributed by atoms with van der Waals surface area (Å²) in [6.45, 7) is 2.65. The summed E-state index contributed by atoms with van der Waals surface area (Å²) in [5, 5.41) is 0. The van der Waals surface area contributed by atoms with Gasteiger partial charge in [-0.3, -0.25) is 0 Å². The molecule has 0 amide bonds. The third kappa shape index (κ3) is 4.53. The highest BCUT2D eigenvalue weighted by molar-refractivity contribution is 9.09.